The summed E-state index contributed by atoms with van der Waals surface area (Å²) in [5, 5.41) is 10.2. The van der Waals surface area contributed by atoms with Gasteiger partial charge in [-0.1, -0.05) is 6.07 Å². The molecule has 1 saturated heterocycles. The van der Waals surface area contributed by atoms with E-state index in [1.54, 1.807) is 6.07 Å². The fourth-order valence-electron chi connectivity index (χ4n) is 3.84. The first-order valence-corrected chi connectivity index (χ1v) is 8.56. The number of aliphatic hydroxyl groups is 1. The molecule has 5 heteroatoms. The van der Waals surface area contributed by atoms with E-state index in [1.165, 1.54) is 0 Å². The molecule has 2 aliphatic rings. The van der Waals surface area contributed by atoms with Gasteiger partial charge in [-0.2, -0.15) is 0 Å². The van der Waals surface area contributed by atoms with E-state index in [9.17, 15) is 9.90 Å². The van der Waals surface area contributed by atoms with Gasteiger partial charge in [-0.25, -0.2) is 0 Å². The highest BCUT2D eigenvalue weighted by Gasteiger charge is 2.34. The Bertz CT molecular complexity index is 605. The number of ether oxygens (including phenoxy) is 1. The maximum absolute atomic E-state index is 12.0. The molecule has 0 amide bonds. The Hall–Kier alpha value is -1.17. The van der Waals surface area contributed by atoms with E-state index in [4.69, 9.17) is 4.74 Å². The van der Waals surface area contributed by atoms with Crippen molar-refractivity contribution in [1.29, 1.82) is 0 Å². The van der Waals surface area contributed by atoms with Crippen molar-refractivity contribution in [3.05, 3.63) is 34.2 Å². The summed E-state index contributed by atoms with van der Waals surface area (Å²) in [6.07, 6.45) is 0.681. The lowest BCUT2D eigenvalue weighted by Gasteiger charge is -2.43. The maximum atomic E-state index is 12.0. The van der Waals surface area contributed by atoms with E-state index >= 15 is 0 Å². The molecular weight excluding hydrogens is 292 g/mol. The van der Waals surface area contributed by atoms with E-state index in [1.807, 2.05) is 31.4 Å². The Morgan fingerprint density at radius 2 is 2.09 bits per heavy atom. The van der Waals surface area contributed by atoms with Crippen molar-refractivity contribution in [2.75, 3.05) is 26.2 Å². The molecule has 1 N–H and O–H groups in total. The number of likely N-dealkylation sites (tertiary alicyclic amines) is 1. The van der Waals surface area contributed by atoms with Crippen molar-refractivity contribution in [2.24, 2.45) is 5.92 Å². The summed E-state index contributed by atoms with van der Waals surface area (Å²) < 4.78 is 7.62. The topological polar surface area (TPSA) is 54.7 Å². The Morgan fingerprint density at radius 3 is 2.83 bits per heavy atom. The normalized spacial score (nSPS) is 25.9. The summed E-state index contributed by atoms with van der Waals surface area (Å²) >= 11 is 0. The van der Waals surface area contributed by atoms with Crippen LogP contribution in [-0.4, -0.2) is 52.5 Å². The van der Waals surface area contributed by atoms with Crippen molar-refractivity contribution >= 4 is 0 Å². The van der Waals surface area contributed by atoms with Crippen molar-refractivity contribution in [3.8, 4) is 0 Å². The molecule has 0 aliphatic carbocycles. The molecule has 0 saturated carbocycles. The molecule has 128 valence electrons. The van der Waals surface area contributed by atoms with E-state index in [2.05, 4.69) is 11.0 Å². The van der Waals surface area contributed by atoms with Crippen LogP contribution in [0.5, 0.6) is 0 Å². The average molecular weight is 320 g/mol. The van der Waals surface area contributed by atoms with Gasteiger partial charge in [0.2, 0.25) is 0 Å². The van der Waals surface area contributed by atoms with Crippen LogP contribution < -0.4 is 5.56 Å². The predicted molar refractivity (Wildman–Crippen MR) is 89.7 cm³/mol. The number of β-amino-alcohol motifs (C(OH)–C–C–N with tert-alkyl or cyclic N) is 1. The molecule has 2 bridgehead atoms. The van der Waals surface area contributed by atoms with Crippen LogP contribution in [0.1, 0.15) is 38.8 Å². The predicted octanol–water partition coefficient (Wildman–Crippen LogP) is 1.44. The number of piperidine rings is 1. The lowest BCUT2D eigenvalue weighted by molar-refractivity contribution is -0.0599. The molecule has 0 radical (unpaired) electrons. The number of fused-ring (bicyclic) bond motifs is 4. The van der Waals surface area contributed by atoms with Crippen molar-refractivity contribution < 1.29 is 9.84 Å². The first-order valence-electron chi connectivity index (χ1n) is 8.56. The standard InChI is InChI=1S/C18H28N2O3/c1-18(2,3)23-12-15(21)11-19-8-13-7-14(10-19)16-5-4-6-17(22)20(16)9-13/h4-6,13-15,21H,7-12H2,1-3H3/t13-,14-,15?/m0/s1. The Labute approximate surface area is 137 Å². The van der Waals surface area contributed by atoms with Gasteiger partial charge in [-0.3, -0.25) is 9.69 Å². The van der Waals surface area contributed by atoms with Crippen LogP contribution in [0.15, 0.2) is 23.0 Å². The van der Waals surface area contributed by atoms with Crippen LogP contribution in [0.3, 0.4) is 0 Å². The number of pyridine rings is 1. The van der Waals surface area contributed by atoms with Gasteiger partial charge in [0.05, 0.1) is 18.3 Å². The molecule has 0 aromatic carbocycles. The van der Waals surface area contributed by atoms with Crippen LogP contribution in [-0.2, 0) is 11.3 Å². The van der Waals surface area contributed by atoms with Gasteiger partial charge in [-0.15, -0.1) is 0 Å². The number of rotatable bonds is 4. The van der Waals surface area contributed by atoms with Gasteiger partial charge in [0.25, 0.3) is 5.56 Å². The number of aliphatic hydroxyl groups excluding tert-OH is 1. The molecule has 1 aromatic heterocycles. The second-order valence-corrected chi connectivity index (χ2v) is 7.99. The fraction of sp³-hybridized carbons (Fsp3) is 0.722. The van der Waals surface area contributed by atoms with Gasteiger partial charge >= 0.3 is 0 Å². The maximum Gasteiger partial charge on any atom is 0.250 e. The molecule has 1 aromatic rings. The molecule has 3 atom stereocenters. The lowest BCUT2D eigenvalue weighted by atomic mass is 9.83. The summed E-state index contributed by atoms with van der Waals surface area (Å²) in [5.74, 6) is 0.893. The van der Waals surface area contributed by atoms with E-state index < -0.39 is 6.10 Å². The first kappa shape index (κ1) is 16.7. The highest BCUT2D eigenvalue weighted by molar-refractivity contribution is 5.16. The monoisotopic (exact) mass is 320 g/mol. The smallest absolute Gasteiger partial charge is 0.250 e. The van der Waals surface area contributed by atoms with Gasteiger partial charge in [0.1, 0.15) is 0 Å². The van der Waals surface area contributed by atoms with Crippen LogP contribution in [0.4, 0.5) is 0 Å². The zero-order valence-electron chi connectivity index (χ0n) is 14.4. The van der Waals surface area contributed by atoms with Crippen molar-refractivity contribution in [2.45, 2.75) is 51.4 Å². The largest absolute Gasteiger partial charge is 0.389 e. The van der Waals surface area contributed by atoms with Gasteiger partial charge in [-0.05, 0) is 39.2 Å². The number of nitrogens with zero attached hydrogens (tertiary/aromatic N) is 2. The highest BCUT2D eigenvalue weighted by atomic mass is 16.5. The van der Waals surface area contributed by atoms with Crippen LogP contribution in [0, 0.1) is 5.92 Å². The van der Waals surface area contributed by atoms with E-state index in [0.717, 1.165) is 31.7 Å². The molecule has 0 spiro atoms. The Morgan fingerprint density at radius 1 is 1.30 bits per heavy atom. The number of hydrogen-bond donors (Lipinski definition) is 1. The third-order valence-corrected chi connectivity index (χ3v) is 4.73. The number of hydrogen-bond acceptors (Lipinski definition) is 4. The SMILES string of the molecule is CC(C)(C)OCC(O)CN1C[C@@H]2C[C@@H](C1)c1cccc(=O)n1C2. The van der Waals surface area contributed by atoms with Crippen LogP contribution in [0.25, 0.3) is 0 Å². The molecule has 23 heavy (non-hydrogen) atoms. The van der Waals surface area contributed by atoms with Crippen molar-refractivity contribution in [1.82, 2.24) is 9.47 Å². The Kier molecular flexibility index (Phi) is 4.63. The Balaban J connectivity index is 1.63. The number of aromatic nitrogens is 1. The average Bonchev–Trinajstić information content (AvgIpc) is 2.46. The minimum Gasteiger partial charge on any atom is -0.389 e. The second-order valence-electron chi connectivity index (χ2n) is 7.99. The summed E-state index contributed by atoms with van der Waals surface area (Å²) in [4.78, 5) is 14.4. The van der Waals surface area contributed by atoms with Gasteiger partial charge < -0.3 is 14.4 Å². The molecule has 5 nitrogen and oxygen atoms in total. The lowest BCUT2D eigenvalue weighted by Crippen LogP contribution is -2.49. The third-order valence-electron chi connectivity index (χ3n) is 4.73. The van der Waals surface area contributed by atoms with Gasteiger partial charge in [0.15, 0.2) is 0 Å². The minimum absolute atomic E-state index is 0.115. The summed E-state index contributed by atoms with van der Waals surface area (Å²) in [5.41, 5.74) is 1.04. The molecule has 3 heterocycles. The summed E-state index contributed by atoms with van der Waals surface area (Å²) in [6.45, 7) is 9.66. The molecule has 1 fully saturated rings. The quantitative estimate of drug-likeness (QED) is 0.912. The van der Waals surface area contributed by atoms with E-state index in [0.29, 0.717) is 25.0 Å². The van der Waals surface area contributed by atoms with E-state index in [-0.39, 0.29) is 11.2 Å². The summed E-state index contributed by atoms with van der Waals surface area (Å²) in [7, 11) is 0. The second kappa shape index (κ2) is 6.38. The molecular formula is C18H28N2O3. The van der Waals surface area contributed by atoms with Crippen molar-refractivity contribution in [3.63, 3.8) is 0 Å². The molecule has 1 unspecified atom stereocenters. The highest BCUT2D eigenvalue weighted by Crippen LogP contribution is 2.34. The third kappa shape index (κ3) is 4.03. The minimum atomic E-state index is -0.467. The fourth-order valence-corrected chi connectivity index (χ4v) is 3.84. The first-order chi connectivity index (χ1) is 10.8. The zero-order chi connectivity index (χ0) is 16.6. The van der Waals surface area contributed by atoms with Crippen LogP contribution >= 0.6 is 0 Å². The summed E-state index contributed by atoms with van der Waals surface area (Å²) in [6, 6.07) is 5.58. The molecule has 2 aliphatic heterocycles. The zero-order valence-corrected chi connectivity index (χ0v) is 14.4. The van der Waals surface area contributed by atoms with Crippen LogP contribution in [0.2, 0.25) is 0 Å². The van der Waals surface area contributed by atoms with Gasteiger partial charge in [0, 0.05) is 43.9 Å². The molecule has 3 rings (SSSR count).